The zero-order valence-corrected chi connectivity index (χ0v) is 21.0. The molecule has 0 saturated carbocycles. The quantitative estimate of drug-likeness (QED) is 0.345. The van der Waals surface area contributed by atoms with Crippen LogP contribution in [0.5, 0.6) is 5.88 Å². The number of alkyl halides is 5. The zero-order valence-electron chi connectivity index (χ0n) is 19.4. The molecule has 0 bridgehead atoms. The minimum Gasteiger partial charge on any atom is -0.474 e. The van der Waals surface area contributed by atoms with E-state index in [1.807, 2.05) is 4.90 Å². The molecular formula is C23H20ClF6N5O2S. The lowest BCUT2D eigenvalue weighted by molar-refractivity contribution is -0.141. The van der Waals surface area contributed by atoms with E-state index in [4.69, 9.17) is 16.3 Å². The maximum atomic E-state index is 14.2. The number of aromatic nitrogens is 3. The number of thiazole rings is 1. The lowest BCUT2D eigenvalue weighted by Gasteiger charge is -2.37. The summed E-state index contributed by atoms with van der Waals surface area (Å²) in [4.78, 5) is 25.5. The summed E-state index contributed by atoms with van der Waals surface area (Å²) in [6, 6.07) is 3.77. The summed E-state index contributed by atoms with van der Waals surface area (Å²) in [6.45, 7) is 0.477. The van der Waals surface area contributed by atoms with Crippen LogP contribution < -0.4 is 10.1 Å². The fourth-order valence-corrected chi connectivity index (χ4v) is 5.27. The zero-order chi connectivity index (χ0) is 27.4. The van der Waals surface area contributed by atoms with Gasteiger partial charge in [0.1, 0.15) is 23.9 Å². The molecule has 1 saturated heterocycles. The molecule has 1 N–H and O–H groups in total. The molecule has 1 aliphatic rings. The standard InChI is InChI=1S/C23H20ClF6N5O2S/c24-13-2-1-3-14(25)18(13)22(36)31-9-15(20-19(21(26)27)34-11-38-20)35-6-4-12(5-7-35)37-17-8-16(23(28,29)30)32-10-33-17/h1-3,8,10-12,15,21H,4-7,9H2,(H,31,36). The molecule has 0 aliphatic carbocycles. The average Bonchev–Trinajstić information content (AvgIpc) is 3.35. The Hall–Kier alpha value is -2.97. The van der Waals surface area contributed by atoms with Crippen LogP contribution in [-0.4, -0.2) is 51.5 Å². The second-order valence-electron chi connectivity index (χ2n) is 8.32. The molecule has 1 fully saturated rings. The predicted octanol–water partition coefficient (Wildman–Crippen LogP) is 5.70. The molecule has 1 atom stereocenters. The lowest BCUT2D eigenvalue weighted by Crippen LogP contribution is -2.44. The van der Waals surface area contributed by atoms with Gasteiger partial charge in [0.05, 0.1) is 27.0 Å². The van der Waals surface area contributed by atoms with Crippen molar-refractivity contribution in [1.29, 1.82) is 0 Å². The smallest absolute Gasteiger partial charge is 0.433 e. The number of rotatable bonds is 8. The monoisotopic (exact) mass is 579 g/mol. The number of nitrogens with one attached hydrogen (secondary N) is 1. The van der Waals surface area contributed by atoms with Crippen molar-refractivity contribution >= 4 is 28.8 Å². The maximum absolute atomic E-state index is 14.2. The molecule has 4 rings (SSSR count). The number of amides is 1. The summed E-state index contributed by atoms with van der Waals surface area (Å²) in [7, 11) is 0. The molecule has 1 aliphatic heterocycles. The van der Waals surface area contributed by atoms with E-state index in [1.165, 1.54) is 17.6 Å². The fourth-order valence-electron chi connectivity index (χ4n) is 4.09. The van der Waals surface area contributed by atoms with Gasteiger partial charge in [-0.2, -0.15) is 13.2 Å². The van der Waals surface area contributed by atoms with Crippen molar-refractivity contribution in [3.63, 3.8) is 0 Å². The van der Waals surface area contributed by atoms with Crippen molar-refractivity contribution < 1.29 is 35.9 Å². The highest BCUT2D eigenvalue weighted by Crippen LogP contribution is 2.35. The van der Waals surface area contributed by atoms with Gasteiger partial charge >= 0.3 is 6.18 Å². The van der Waals surface area contributed by atoms with Crippen molar-refractivity contribution in [1.82, 2.24) is 25.2 Å². The Morgan fingerprint density at radius 3 is 2.61 bits per heavy atom. The Balaban J connectivity index is 1.47. The van der Waals surface area contributed by atoms with Crippen molar-refractivity contribution in [3.8, 4) is 5.88 Å². The highest BCUT2D eigenvalue weighted by atomic mass is 35.5. The van der Waals surface area contributed by atoms with Gasteiger partial charge in [-0.05, 0) is 25.0 Å². The number of benzene rings is 1. The largest absolute Gasteiger partial charge is 0.474 e. The number of ether oxygens (including phenoxy) is 1. The molecule has 15 heteroatoms. The normalized spacial score (nSPS) is 16.0. The van der Waals surface area contributed by atoms with Crippen molar-refractivity contribution in [2.24, 2.45) is 0 Å². The Morgan fingerprint density at radius 1 is 1.21 bits per heavy atom. The molecule has 3 heterocycles. The Kier molecular flexibility index (Phi) is 8.73. The number of likely N-dealkylation sites (tertiary alicyclic amines) is 1. The summed E-state index contributed by atoms with van der Waals surface area (Å²) in [5, 5.41) is 2.48. The van der Waals surface area contributed by atoms with Crippen LogP contribution in [0.25, 0.3) is 0 Å². The number of hydrogen-bond acceptors (Lipinski definition) is 7. The third-order valence-electron chi connectivity index (χ3n) is 5.92. The number of carbonyl (C=O) groups is 1. The number of halogens is 7. The molecule has 38 heavy (non-hydrogen) atoms. The number of piperidine rings is 1. The molecule has 2 aromatic heterocycles. The lowest BCUT2D eigenvalue weighted by atomic mass is 10.0. The van der Waals surface area contributed by atoms with Crippen LogP contribution in [0.4, 0.5) is 26.3 Å². The van der Waals surface area contributed by atoms with Gasteiger partial charge in [0.25, 0.3) is 12.3 Å². The number of hydrogen-bond donors (Lipinski definition) is 1. The van der Waals surface area contributed by atoms with Gasteiger partial charge < -0.3 is 10.1 Å². The molecule has 0 radical (unpaired) electrons. The van der Waals surface area contributed by atoms with E-state index >= 15 is 0 Å². The van der Waals surface area contributed by atoms with Crippen LogP contribution in [-0.2, 0) is 6.18 Å². The minimum atomic E-state index is -4.65. The summed E-state index contributed by atoms with van der Waals surface area (Å²) in [6.07, 6.45) is -6.52. The fraction of sp³-hybridized carbons (Fsp3) is 0.391. The Morgan fingerprint density at radius 2 is 1.95 bits per heavy atom. The van der Waals surface area contributed by atoms with Crippen LogP contribution in [0.15, 0.2) is 36.1 Å². The van der Waals surface area contributed by atoms with E-state index in [2.05, 4.69) is 20.3 Å². The second-order valence-corrected chi connectivity index (χ2v) is 9.61. The van der Waals surface area contributed by atoms with E-state index in [-0.39, 0.29) is 27.9 Å². The van der Waals surface area contributed by atoms with Gasteiger partial charge in [-0.1, -0.05) is 17.7 Å². The van der Waals surface area contributed by atoms with E-state index < -0.39 is 47.9 Å². The number of carbonyl (C=O) groups excluding carboxylic acids is 1. The van der Waals surface area contributed by atoms with Gasteiger partial charge in [0, 0.05) is 25.7 Å². The van der Waals surface area contributed by atoms with Gasteiger partial charge in [0.2, 0.25) is 5.88 Å². The summed E-state index contributed by atoms with van der Waals surface area (Å²) in [5.41, 5.74) is -0.628. The summed E-state index contributed by atoms with van der Waals surface area (Å²) >= 11 is 6.97. The first-order valence-corrected chi connectivity index (χ1v) is 12.5. The summed E-state index contributed by atoms with van der Waals surface area (Å²) in [5.74, 6) is -1.85. The highest BCUT2D eigenvalue weighted by Gasteiger charge is 2.35. The van der Waals surface area contributed by atoms with Crippen LogP contribution in [0.1, 0.15) is 51.9 Å². The minimum absolute atomic E-state index is 0.0959. The van der Waals surface area contributed by atoms with Crippen LogP contribution in [0.3, 0.4) is 0 Å². The van der Waals surface area contributed by atoms with E-state index in [0.29, 0.717) is 32.0 Å². The molecule has 3 aromatic rings. The van der Waals surface area contributed by atoms with Gasteiger partial charge in [-0.15, -0.1) is 11.3 Å². The second kappa shape index (κ2) is 11.8. The first-order chi connectivity index (χ1) is 18.0. The van der Waals surface area contributed by atoms with E-state index in [0.717, 1.165) is 23.7 Å². The van der Waals surface area contributed by atoms with Gasteiger partial charge in [-0.3, -0.25) is 9.69 Å². The third kappa shape index (κ3) is 6.53. The average molecular weight is 580 g/mol. The summed E-state index contributed by atoms with van der Waals surface area (Å²) < 4.78 is 85.9. The first kappa shape index (κ1) is 28.0. The third-order valence-corrected chi connectivity index (χ3v) is 7.18. The van der Waals surface area contributed by atoms with E-state index in [9.17, 15) is 31.1 Å². The van der Waals surface area contributed by atoms with Crippen LogP contribution >= 0.6 is 22.9 Å². The van der Waals surface area contributed by atoms with Gasteiger partial charge in [-0.25, -0.2) is 28.1 Å². The molecule has 1 unspecified atom stereocenters. The van der Waals surface area contributed by atoms with Crippen molar-refractivity contribution in [2.45, 2.75) is 37.6 Å². The maximum Gasteiger partial charge on any atom is 0.433 e. The molecule has 1 amide bonds. The van der Waals surface area contributed by atoms with Crippen LogP contribution in [0.2, 0.25) is 5.02 Å². The molecule has 204 valence electrons. The topological polar surface area (TPSA) is 80.2 Å². The molecule has 7 nitrogen and oxygen atoms in total. The Labute approximate surface area is 221 Å². The van der Waals surface area contributed by atoms with Crippen LogP contribution in [0, 0.1) is 5.82 Å². The first-order valence-electron chi connectivity index (χ1n) is 11.3. The number of nitrogens with zero attached hydrogens (tertiary/aromatic N) is 4. The molecule has 0 spiro atoms. The van der Waals surface area contributed by atoms with E-state index in [1.54, 1.807) is 0 Å². The van der Waals surface area contributed by atoms with Crippen molar-refractivity contribution in [2.75, 3.05) is 19.6 Å². The van der Waals surface area contributed by atoms with Gasteiger partial charge in [0.15, 0.2) is 5.69 Å². The molecule has 1 aromatic carbocycles. The predicted molar refractivity (Wildman–Crippen MR) is 126 cm³/mol. The highest BCUT2D eigenvalue weighted by molar-refractivity contribution is 7.09. The SMILES string of the molecule is O=C(NCC(c1scnc1C(F)F)N1CCC(Oc2cc(C(F)(F)F)ncn2)CC1)c1c(F)cccc1Cl. The Bertz CT molecular complexity index is 1250. The molecular weight excluding hydrogens is 560 g/mol. The van der Waals surface area contributed by atoms with Crippen molar-refractivity contribution in [3.05, 3.63) is 68.8 Å².